The number of nitrogens with zero attached hydrogens (tertiary/aromatic N) is 2. The van der Waals surface area contributed by atoms with Gasteiger partial charge < -0.3 is 24.4 Å². The molecule has 5 rings (SSSR count). The largest absolute Gasteiger partial charge is 0.465 e. The molecule has 2 saturated heterocycles. The monoisotopic (exact) mass is 500 g/mol. The van der Waals surface area contributed by atoms with E-state index in [9.17, 15) is 19.5 Å². The Morgan fingerprint density at radius 3 is 2.54 bits per heavy atom. The average molecular weight is 501 g/mol. The van der Waals surface area contributed by atoms with Gasteiger partial charge in [0.25, 0.3) is 5.91 Å². The van der Waals surface area contributed by atoms with E-state index in [4.69, 9.17) is 21.1 Å². The highest BCUT2D eigenvalue weighted by atomic mass is 35.5. The molecule has 1 spiro atoms. The number of hydrogen-bond acceptors (Lipinski definition) is 6. The van der Waals surface area contributed by atoms with Crippen LogP contribution in [0.5, 0.6) is 0 Å². The number of carbonyl (C=O) groups excluding carboxylic acids is 3. The standard InChI is InChI=1S/C26H29ClN2O6/c1-3-25-11-4-5-14-34-24(33)20(25)19-22(31)29(16(2)15-30)21-23(32)28(13-6-12-26(19,21)35-25)18-9-7-17(27)8-10-18/h4,6-12,16,19-21,30H,3,5,13-15H2,1-2H3/t16-,19+,20-,21?,25+,26+/m1/s1. The number of anilines is 1. The van der Waals surface area contributed by atoms with Crippen molar-refractivity contribution >= 4 is 35.1 Å². The van der Waals surface area contributed by atoms with Crippen LogP contribution in [0.4, 0.5) is 5.69 Å². The van der Waals surface area contributed by atoms with Crippen molar-refractivity contribution in [2.45, 2.75) is 50.0 Å². The van der Waals surface area contributed by atoms with E-state index >= 15 is 0 Å². The minimum Gasteiger partial charge on any atom is -0.465 e. The summed E-state index contributed by atoms with van der Waals surface area (Å²) in [6.45, 7) is 3.73. The summed E-state index contributed by atoms with van der Waals surface area (Å²) < 4.78 is 12.3. The van der Waals surface area contributed by atoms with Crippen LogP contribution in [0.15, 0.2) is 48.6 Å². The van der Waals surface area contributed by atoms with Crippen LogP contribution in [0.2, 0.25) is 5.02 Å². The molecule has 6 atom stereocenters. The van der Waals surface area contributed by atoms with Gasteiger partial charge in [-0.05, 0) is 44.0 Å². The summed E-state index contributed by atoms with van der Waals surface area (Å²) in [5.74, 6) is -3.09. The molecule has 0 aromatic heterocycles. The van der Waals surface area contributed by atoms with Gasteiger partial charge >= 0.3 is 5.97 Å². The second-order valence-corrected chi connectivity index (χ2v) is 10.0. The van der Waals surface area contributed by atoms with E-state index in [0.717, 1.165) is 0 Å². The number of amides is 2. The van der Waals surface area contributed by atoms with E-state index in [1.54, 1.807) is 42.2 Å². The van der Waals surface area contributed by atoms with Crippen molar-refractivity contribution < 1.29 is 29.0 Å². The molecule has 8 nitrogen and oxygen atoms in total. The molecule has 0 bridgehead atoms. The van der Waals surface area contributed by atoms with E-state index in [1.807, 2.05) is 25.2 Å². The third kappa shape index (κ3) is 3.45. The maximum atomic E-state index is 14.2. The van der Waals surface area contributed by atoms with Crippen molar-refractivity contribution in [2.75, 3.05) is 24.7 Å². The van der Waals surface area contributed by atoms with Crippen molar-refractivity contribution in [3.8, 4) is 0 Å². The zero-order valence-corrected chi connectivity index (χ0v) is 20.5. The second-order valence-electron chi connectivity index (χ2n) is 9.59. The number of aliphatic hydroxyl groups is 1. The first-order valence-electron chi connectivity index (χ1n) is 12.0. The lowest BCUT2D eigenvalue weighted by molar-refractivity contribution is -0.161. The lowest BCUT2D eigenvalue weighted by Crippen LogP contribution is -2.58. The van der Waals surface area contributed by atoms with Crippen LogP contribution in [-0.4, -0.2) is 70.8 Å². The number of esters is 1. The number of halogens is 1. The molecule has 0 saturated carbocycles. The molecule has 1 aromatic rings. The lowest BCUT2D eigenvalue weighted by atomic mass is 9.73. The van der Waals surface area contributed by atoms with Gasteiger partial charge in [0.2, 0.25) is 5.91 Å². The predicted octanol–water partition coefficient (Wildman–Crippen LogP) is 2.49. The zero-order valence-electron chi connectivity index (χ0n) is 19.7. The highest BCUT2D eigenvalue weighted by molar-refractivity contribution is 6.30. The van der Waals surface area contributed by atoms with Crippen LogP contribution in [0.1, 0.15) is 26.7 Å². The van der Waals surface area contributed by atoms with Crippen LogP contribution >= 0.6 is 11.6 Å². The molecule has 35 heavy (non-hydrogen) atoms. The third-order valence-electron chi connectivity index (χ3n) is 7.72. The summed E-state index contributed by atoms with van der Waals surface area (Å²) in [7, 11) is 0. The Hall–Kier alpha value is -2.68. The van der Waals surface area contributed by atoms with Gasteiger partial charge in [-0.3, -0.25) is 14.4 Å². The molecule has 0 aliphatic carbocycles. The number of benzene rings is 1. The Morgan fingerprint density at radius 1 is 1.11 bits per heavy atom. The number of hydrogen-bond donors (Lipinski definition) is 1. The molecule has 4 heterocycles. The zero-order chi connectivity index (χ0) is 25.0. The van der Waals surface area contributed by atoms with Gasteiger partial charge in [-0.2, -0.15) is 0 Å². The Bertz CT molecular complexity index is 1100. The maximum Gasteiger partial charge on any atom is 0.313 e. The summed E-state index contributed by atoms with van der Waals surface area (Å²) >= 11 is 6.06. The molecular weight excluding hydrogens is 472 g/mol. The van der Waals surface area contributed by atoms with Crippen LogP contribution in [0, 0.1) is 11.8 Å². The first kappa shape index (κ1) is 24.0. The number of fused-ring (bicyclic) bond motifs is 2. The number of carbonyl (C=O) groups is 3. The fourth-order valence-electron chi connectivity index (χ4n) is 6.08. The minimum atomic E-state index is -1.38. The van der Waals surface area contributed by atoms with E-state index in [-0.39, 0.29) is 25.7 Å². The van der Waals surface area contributed by atoms with Gasteiger partial charge in [0.05, 0.1) is 25.2 Å². The van der Waals surface area contributed by atoms with E-state index in [2.05, 4.69) is 0 Å². The van der Waals surface area contributed by atoms with Crippen molar-refractivity contribution in [3.05, 3.63) is 53.6 Å². The molecule has 0 radical (unpaired) electrons. The lowest BCUT2D eigenvalue weighted by Gasteiger charge is -2.40. The normalized spacial score (nSPS) is 35.1. The van der Waals surface area contributed by atoms with Crippen molar-refractivity contribution in [1.29, 1.82) is 0 Å². The molecule has 186 valence electrons. The summed E-state index contributed by atoms with van der Waals surface area (Å²) in [6, 6.07) is 5.18. The first-order chi connectivity index (χ1) is 16.8. The number of rotatable bonds is 4. The van der Waals surface area contributed by atoms with E-state index in [1.165, 1.54) is 4.90 Å². The fourth-order valence-corrected chi connectivity index (χ4v) is 6.21. The Kier molecular flexibility index (Phi) is 6.02. The average Bonchev–Trinajstić information content (AvgIpc) is 3.20. The number of cyclic esters (lactones) is 1. The summed E-state index contributed by atoms with van der Waals surface area (Å²) in [4.78, 5) is 44.5. The minimum absolute atomic E-state index is 0.221. The number of aliphatic hydroxyl groups excluding tert-OH is 1. The topological polar surface area (TPSA) is 96.4 Å². The van der Waals surface area contributed by atoms with Gasteiger partial charge in [0, 0.05) is 17.3 Å². The molecule has 4 aliphatic rings. The highest BCUT2D eigenvalue weighted by Gasteiger charge is 2.75. The summed E-state index contributed by atoms with van der Waals surface area (Å²) in [6.07, 6.45) is 8.36. The number of likely N-dealkylation sites (tertiary alicyclic amines) is 1. The molecule has 9 heteroatoms. The van der Waals surface area contributed by atoms with Crippen LogP contribution < -0.4 is 4.90 Å². The molecule has 1 aromatic carbocycles. The Morgan fingerprint density at radius 2 is 1.86 bits per heavy atom. The predicted molar refractivity (Wildman–Crippen MR) is 129 cm³/mol. The quantitative estimate of drug-likeness (QED) is 0.504. The smallest absolute Gasteiger partial charge is 0.313 e. The fraction of sp³-hybridized carbons (Fsp3) is 0.500. The van der Waals surface area contributed by atoms with Crippen molar-refractivity contribution in [3.63, 3.8) is 0 Å². The van der Waals surface area contributed by atoms with Crippen LogP contribution in [-0.2, 0) is 23.9 Å². The molecule has 1 N–H and O–H groups in total. The van der Waals surface area contributed by atoms with Crippen molar-refractivity contribution in [1.82, 2.24) is 4.90 Å². The first-order valence-corrected chi connectivity index (χ1v) is 12.4. The molecule has 2 amide bonds. The highest BCUT2D eigenvalue weighted by Crippen LogP contribution is 2.58. The Labute approximate surface area is 209 Å². The van der Waals surface area contributed by atoms with Gasteiger partial charge in [0.1, 0.15) is 23.2 Å². The SMILES string of the molecule is CC[C@]12C=CCCOC(=O)[C@H]1[C@H]1C(=O)N([C@H](C)CO)C3C(=O)N(c4ccc(Cl)cc4)CC=C[C@@]31O2. The summed E-state index contributed by atoms with van der Waals surface area (Å²) in [5, 5.41) is 10.5. The molecule has 1 unspecified atom stereocenters. The van der Waals surface area contributed by atoms with Gasteiger partial charge in [-0.1, -0.05) is 42.8 Å². The van der Waals surface area contributed by atoms with E-state index in [0.29, 0.717) is 23.6 Å². The third-order valence-corrected chi connectivity index (χ3v) is 7.97. The van der Waals surface area contributed by atoms with E-state index < -0.39 is 47.0 Å². The summed E-state index contributed by atoms with van der Waals surface area (Å²) in [5.41, 5.74) is -1.83. The molecule has 4 aliphatic heterocycles. The maximum absolute atomic E-state index is 14.2. The second kappa shape index (κ2) is 8.76. The van der Waals surface area contributed by atoms with Gasteiger partial charge in [-0.25, -0.2) is 0 Å². The van der Waals surface area contributed by atoms with Gasteiger partial charge in [-0.15, -0.1) is 0 Å². The van der Waals surface area contributed by atoms with Gasteiger partial charge in [0.15, 0.2) is 0 Å². The Balaban J connectivity index is 1.68. The number of ether oxygens (including phenoxy) is 2. The van der Waals surface area contributed by atoms with Crippen molar-refractivity contribution in [2.24, 2.45) is 11.8 Å². The van der Waals surface area contributed by atoms with Crippen LogP contribution in [0.25, 0.3) is 0 Å². The molecular formula is C26H29ClN2O6. The van der Waals surface area contributed by atoms with Crippen LogP contribution in [0.3, 0.4) is 0 Å². The molecule has 2 fully saturated rings.